The number of hydrogen-bond donors (Lipinski definition) is 1. The van der Waals surface area contributed by atoms with Crippen molar-refractivity contribution in [2.24, 2.45) is 23.7 Å². The Morgan fingerprint density at radius 1 is 0.935 bits per heavy atom. The first-order valence-corrected chi connectivity index (χ1v) is 10.5. The third-order valence-electron chi connectivity index (χ3n) is 6.97. The highest BCUT2D eigenvalue weighted by atomic mass is 16.5. The highest BCUT2D eigenvalue weighted by molar-refractivity contribution is 6.22. The van der Waals surface area contributed by atoms with Crippen molar-refractivity contribution in [1.29, 1.82) is 0 Å². The number of benzene rings is 2. The molecule has 1 aliphatic heterocycles. The maximum absolute atomic E-state index is 13.0. The van der Waals surface area contributed by atoms with Crippen molar-refractivity contribution in [2.45, 2.75) is 19.3 Å². The Morgan fingerprint density at radius 2 is 1.58 bits per heavy atom. The molecule has 0 unspecified atom stereocenters. The standard InChI is InChI=1S/C24H24N2O5/c1-30-17-9-10-18(19(12-17)31-2)25-22(27)13-5-7-16(8-6-13)26-23(28)20-14-3-4-15(11-14)21(20)24(26)29/h5-10,12,14-15,20-21H,3-4,11H2,1-2H3,(H,25,27)/t14-,15+,20-,21+. The SMILES string of the molecule is COc1ccc(NC(=O)c2ccc(N3C(=O)[C@@H]4[C@@H]5CC[C@@H](C5)[C@@H]4C3=O)cc2)c(OC)c1. The summed E-state index contributed by atoms with van der Waals surface area (Å²) in [6.07, 6.45) is 3.10. The van der Waals surface area contributed by atoms with Crippen LogP contribution in [0.4, 0.5) is 11.4 Å². The number of nitrogens with zero attached hydrogens (tertiary/aromatic N) is 1. The van der Waals surface area contributed by atoms with Gasteiger partial charge in [0.1, 0.15) is 11.5 Å². The molecule has 4 atom stereocenters. The predicted octanol–water partition coefficient (Wildman–Crippen LogP) is 3.49. The average Bonchev–Trinajstić information content (AvgIpc) is 3.48. The van der Waals surface area contributed by atoms with Crippen LogP contribution in [0.25, 0.3) is 0 Å². The number of rotatable bonds is 5. The van der Waals surface area contributed by atoms with Gasteiger partial charge >= 0.3 is 0 Å². The molecule has 31 heavy (non-hydrogen) atoms. The van der Waals surface area contributed by atoms with Gasteiger partial charge in [0.25, 0.3) is 5.91 Å². The second-order valence-corrected chi connectivity index (χ2v) is 8.46. The first kappa shape index (κ1) is 19.6. The van der Waals surface area contributed by atoms with Gasteiger partial charge in [-0.05, 0) is 67.5 Å². The van der Waals surface area contributed by atoms with Crippen LogP contribution in [0.2, 0.25) is 0 Å². The Kier molecular flexibility index (Phi) is 4.68. The molecule has 1 saturated heterocycles. The molecule has 2 saturated carbocycles. The second kappa shape index (κ2) is 7.41. The topological polar surface area (TPSA) is 84.9 Å². The Hall–Kier alpha value is -3.35. The van der Waals surface area contributed by atoms with Gasteiger partial charge in [-0.2, -0.15) is 0 Å². The van der Waals surface area contributed by atoms with Crippen LogP contribution in [0.5, 0.6) is 11.5 Å². The number of amides is 3. The molecule has 2 aromatic carbocycles. The van der Waals surface area contributed by atoms with Crippen LogP contribution in [0.3, 0.4) is 0 Å². The molecule has 0 spiro atoms. The normalized spacial score (nSPS) is 26.2. The summed E-state index contributed by atoms with van der Waals surface area (Å²) in [6, 6.07) is 11.7. The van der Waals surface area contributed by atoms with Crippen LogP contribution in [0, 0.1) is 23.7 Å². The molecule has 7 nitrogen and oxygen atoms in total. The molecule has 7 heteroatoms. The predicted molar refractivity (Wildman–Crippen MR) is 114 cm³/mol. The smallest absolute Gasteiger partial charge is 0.255 e. The Bertz CT molecular complexity index is 1040. The molecule has 2 aromatic rings. The maximum Gasteiger partial charge on any atom is 0.255 e. The lowest BCUT2D eigenvalue weighted by atomic mass is 9.81. The lowest BCUT2D eigenvalue weighted by molar-refractivity contribution is -0.123. The highest BCUT2D eigenvalue weighted by Crippen LogP contribution is 2.56. The van der Waals surface area contributed by atoms with E-state index in [2.05, 4.69) is 5.32 Å². The van der Waals surface area contributed by atoms with Crippen molar-refractivity contribution in [3.8, 4) is 11.5 Å². The number of nitrogens with one attached hydrogen (secondary N) is 1. The quantitative estimate of drug-likeness (QED) is 0.749. The van der Waals surface area contributed by atoms with Crippen LogP contribution in [0.1, 0.15) is 29.6 Å². The maximum atomic E-state index is 13.0. The number of ether oxygens (including phenoxy) is 2. The third-order valence-corrected chi connectivity index (χ3v) is 6.97. The zero-order chi connectivity index (χ0) is 21.7. The van der Waals surface area contributed by atoms with Gasteiger partial charge in [-0.3, -0.25) is 19.3 Å². The van der Waals surface area contributed by atoms with E-state index in [4.69, 9.17) is 9.47 Å². The van der Waals surface area contributed by atoms with Crippen molar-refractivity contribution < 1.29 is 23.9 Å². The zero-order valence-corrected chi connectivity index (χ0v) is 17.5. The molecule has 3 amide bonds. The fraction of sp³-hybridized carbons (Fsp3) is 0.375. The molecule has 0 radical (unpaired) electrons. The van der Waals surface area contributed by atoms with Gasteiger partial charge in [0.05, 0.1) is 37.4 Å². The monoisotopic (exact) mass is 420 g/mol. The number of carbonyl (C=O) groups excluding carboxylic acids is 3. The minimum atomic E-state index is -0.316. The molecule has 1 heterocycles. The van der Waals surface area contributed by atoms with Gasteiger partial charge in [0.15, 0.2) is 0 Å². The summed E-state index contributed by atoms with van der Waals surface area (Å²) in [7, 11) is 3.08. The minimum absolute atomic E-state index is 0.0811. The summed E-state index contributed by atoms with van der Waals surface area (Å²) >= 11 is 0. The van der Waals surface area contributed by atoms with Crippen molar-refractivity contribution in [3.63, 3.8) is 0 Å². The Labute approximate surface area is 180 Å². The molecule has 2 bridgehead atoms. The van der Waals surface area contributed by atoms with Crippen LogP contribution < -0.4 is 19.7 Å². The lowest BCUT2D eigenvalue weighted by Gasteiger charge is -2.19. The molecule has 3 fully saturated rings. The number of anilines is 2. The zero-order valence-electron chi connectivity index (χ0n) is 17.5. The lowest BCUT2D eigenvalue weighted by Crippen LogP contribution is -2.32. The molecule has 1 N–H and O–H groups in total. The number of imide groups is 1. The fourth-order valence-electron chi connectivity index (χ4n) is 5.52. The van der Waals surface area contributed by atoms with Gasteiger partial charge in [0, 0.05) is 11.6 Å². The van der Waals surface area contributed by atoms with Gasteiger partial charge in [-0.1, -0.05) is 0 Å². The van der Waals surface area contributed by atoms with E-state index in [9.17, 15) is 14.4 Å². The third kappa shape index (κ3) is 3.07. The summed E-state index contributed by atoms with van der Waals surface area (Å²) in [6.45, 7) is 0. The van der Waals surface area contributed by atoms with Crippen LogP contribution in [0.15, 0.2) is 42.5 Å². The molecule has 3 aliphatic rings. The van der Waals surface area contributed by atoms with Crippen molar-refractivity contribution in [2.75, 3.05) is 24.4 Å². The van der Waals surface area contributed by atoms with Crippen LogP contribution >= 0.6 is 0 Å². The largest absolute Gasteiger partial charge is 0.497 e. The molecule has 5 rings (SSSR count). The summed E-state index contributed by atoms with van der Waals surface area (Å²) in [5.41, 5.74) is 1.47. The Morgan fingerprint density at radius 3 is 2.16 bits per heavy atom. The first-order valence-electron chi connectivity index (χ1n) is 10.5. The van der Waals surface area contributed by atoms with Gasteiger partial charge in [-0.15, -0.1) is 0 Å². The van der Waals surface area contributed by atoms with E-state index in [1.54, 1.807) is 49.6 Å². The van der Waals surface area contributed by atoms with Crippen molar-refractivity contribution >= 4 is 29.1 Å². The van der Waals surface area contributed by atoms with E-state index in [0.29, 0.717) is 40.3 Å². The second-order valence-electron chi connectivity index (χ2n) is 8.46. The van der Waals surface area contributed by atoms with E-state index in [-0.39, 0.29) is 29.6 Å². The van der Waals surface area contributed by atoms with Crippen molar-refractivity contribution in [3.05, 3.63) is 48.0 Å². The molecule has 160 valence electrons. The van der Waals surface area contributed by atoms with Crippen molar-refractivity contribution in [1.82, 2.24) is 0 Å². The van der Waals surface area contributed by atoms with Gasteiger partial charge in [-0.25, -0.2) is 0 Å². The van der Waals surface area contributed by atoms with E-state index < -0.39 is 0 Å². The molecular formula is C24H24N2O5. The highest BCUT2D eigenvalue weighted by Gasteiger charge is 2.61. The van der Waals surface area contributed by atoms with E-state index >= 15 is 0 Å². The summed E-state index contributed by atoms with van der Waals surface area (Å²) in [5, 5.41) is 2.82. The molecular weight excluding hydrogens is 396 g/mol. The molecule has 0 aromatic heterocycles. The number of fused-ring (bicyclic) bond motifs is 5. The first-order chi connectivity index (χ1) is 15.0. The minimum Gasteiger partial charge on any atom is -0.497 e. The number of carbonyl (C=O) groups is 3. The van der Waals surface area contributed by atoms with Gasteiger partial charge < -0.3 is 14.8 Å². The van der Waals surface area contributed by atoms with Crippen LogP contribution in [-0.2, 0) is 9.59 Å². The summed E-state index contributed by atoms with van der Waals surface area (Å²) < 4.78 is 10.5. The van der Waals surface area contributed by atoms with E-state index in [0.717, 1.165) is 19.3 Å². The summed E-state index contributed by atoms with van der Waals surface area (Å²) in [5.74, 6) is 1.01. The fourth-order valence-corrected chi connectivity index (χ4v) is 5.52. The summed E-state index contributed by atoms with van der Waals surface area (Å²) in [4.78, 5) is 40.0. The number of methoxy groups -OCH3 is 2. The number of hydrogen-bond acceptors (Lipinski definition) is 5. The van der Waals surface area contributed by atoms with Gasteiger partial charge in [0.2, 0.25) is 11.8 Å². The van der Waals surface area contributed by atoms with E-state index in [1.165, 1.54) is 12.0 Å². The Balaban J connectivity index is 1.33. The average molecular weight is 420 g/mol. The van der Waals surface area contributed by atoms with E-state index in [1.807, 2.05) is 0 Å². The molecule has 2 aliphatic carbocycles. The van der Waals surface area contributed by atoms with Crippen LogP contribution in [-0.4, -0.2) is 31.9 Å².